The lowest BCUT2D eigenvalue weighted by molar-refractivity contribution is -0.153. The average Bonchev–Trinajstić information content (AvgIpc) is 2.86. The fourth-order valence-corrected chi connectivity index (χ4v) is 4.29. The second-order valence-corrected chi connectivity index (χ2v) is 9.39. The van der Waals surface area contributed by atoms with Gasteiger partial charge < -0.3 is 30.4 Å². The van der Waals surface area contributed by atoms with E-state index < -0.39 is 48.2 Å². The van der Waals surface area contributed by atoms with Crippen molar-refractivity contribution in [3.63, 3.8) is 0 Å². The Morgan fingerprint density at radius 2 is 1.79 bits per heavy atom. The quantitative estimate of drug-likeness (QED) is 0.274. The van der Waals surface area contributed by atoms with Crippen molar-refractivity contribution in [2.45, 2.75) is 77.8 Å². The average molecular weight is 545 g/mol. The minimum absolute atomic E-state index is 0.129. The molecule has 0 aromatic rings. The van der Waals surface area contributed by atoms with Crippen LogP contribution in [0.3, 0.4) is 0 Å². The smallest absolute Gasteiger partial charge is 0.405 e. The largest absolute Gasteiger partial charge is 0.459 e. The summed E-state index contributed by atoms with van der Waals surface area (Å²) in [5.41, 5.74) is 6.31. The first kappa shape index (κ1) is 31.4. The van der Waals surface area contributed by atoms with Crippen LogP contribution in [0.25, 0.3) is 0 Å². The molecule has 2 bridgehead atoms. The minimum Gasteiger partial charge on any atom is -0.459 e. The third-order valence-electron chi connectivity index (χ3n) is 6.50. The maximum absolute atomic E-state index is 13.1. The summed E-state index contributed by atoms with van der Waals surface area (Å²) in [6.07, 6.45) is 3.16. The summed E-state index contributed by atoms with van der Waals surface area (Å²) in [5, 5.41) is 13.2. The molecule has 0 radical (unpaired) electrons. The monoisotopic (exact) mass is 544 g/mol. The number of methoxy groups -OCH3 is 1. The van der Waals surface area contributed by atoms with Crippen molar-refractivity contribution in [1.29, 1.82) is 0 Å². The molecule has 2 rings (SSSR count). The zero-order valence-corrected chi connectivity index (χ0v) is 22.8. The highest BCUT2D eigenvalue weighted by molar-refractivity contribution is 6.23. The topological polar surface area (TPSA) is 171 Å². The van der Waals surface area contributed by atoms with Crippen molar-refractivity contribution < 1.29 is 43.3 Å². The van der Waals surface area contributed by atoms with E-state index in [1.165, 1.54) is 39.2 Å². The summed E-state index contributed by atoms with van der Waals surface area (Å²) in [6.45, 7) is 5.95. The number of carbonyl (C=O) groups is 5. The van der Waals surface area contributed by atoms with Gasteiger partial charge >= 0.3 is 12.1 Å². The van der Waals surface area contributed by atoms with Crippen LogP contribution in [0.4, 0.5) is 4.79 Å². The van der Waals surface area contributed by atoms with Gasteiger partial charge in [0.05, 0.1) is 11.8 Å². The lowest BCUT2D eigenvalue weighted by Crippen LogP contribution is -2.34. The summed E-state index contributed by atoms with van der Waals surface area (Å²) >= 11 is 0. The molecule has 0 unspecified atom stereocenters. The molecule has 212 valence electrons. The Balaban J connectivity index is 2.51. The summed E-state index contributed by atoms with van der Waals surface area (Å²) in [5.74, 6) is -1.97. The van der Waals surface area contributed by atoms with Crippen LogP contribution in [-0.4, -0.2) is 66.2 Å². The number of nitrogens with two attached hydrogens (primary N) is 1. The summed E-state index contributed by atoms with van der Waals surface area (Å²) in [4.78, 5) is 61.7. The Morgan fingerprint density at radius 1 is 1.10 bits per heavy atom. The number of ether oxygens (including phenoxy) is 3. The lowest BCUT2D eigenvalue weighted by Gasteiger charge is -2.26. The predicted octanol–water partition coefficient (Wildman–Crippen LogP) is 2.25. The van der Waals surface area contributed by atoms with Crippen molar-refractivity contribution in [1.82, 2.24) is 5.32 Å². The fraction of sp³-hybridized carbons (Fsp3) is 0.464. The zero-order valence-electron chi connectivity index (χ0n) is 22.8. The number of aliphatic hydroxyl groups excluding tert-OH is 1. The highest BCUT2D eigenvalue weighted by atomic mass is 16.6. The number of esters is 1. The van der Waals surface area contributed by atoms with Gasteiger partial charge in [0.25, 0.3) is 5.91 Å². The number of primary amides is 1. The van der Waals surface area contributed by atoms with Crippen molar-refractivity contribution in [3.8, 4) is 0 Å². The minimum atomic E-state index is -1.33. The van der Waals surface area contributed by atoms with Crippen LogP contribution in [0, 0.1) is 0 Å². The van der Waals surface area contributed by atoms with Crippen LogP contribution in [0.15, 0.2) is 58.4 Å². The highest BCUT2D eigenvalue weighted by Crippen LogP contribution is 2.25. The van der Waals surface area contributed by atoms with Crippen LogP contribution in [0.1, 0.15) is 53.4 Å². The maximum atomic E-state index is 13.1. The summed E-state index contributed by atoms with van der Waals surface area (Å²) < 4.78 is 16.2. The Labute approximate surface area is 227 Å². The number of Topliss-reactive ketones (excluding diaryl/α,β-unsaturated/α-hetero) is 1. The van der Waals surface area contributed by atoms with Gasteiger partial charge in [-0.05, 0) is 45.6 Å². The van der Waals surface area contributed by atoms with E-state index >= 15 is 0 Å². The molecule has 0 saturated heterocycles. The molecular formula is C28H36N2O9. The molecule has 0 aromatic carbocycles. The van der Waals surface area contributed by atoms with E-state index in [2.05, 4.69) is 5.32 Å². The third kappa shape index (κ3) is 8.86. The van der Waals surface area contributed by atoms with Crippen molar-refractivity contribution in [2.24, 2.45) is 5.73 Å². The number of ketones is 2. The molecule has 1 aliphatic carbocycles. The van der Waals surface area contributed by atoms with E-state index in [0.717, 1.165) is 6.08 Å². The van der Waals surface area contributed by atoms with E-state index in [1.807, 2.05) is 0 Å². The number of aliphatic hydroxyl groups is 1. The molecule has 0 aromatic heterocycles. The Morgan fingerprint density at radius 3 is 2.41 bits per heavy atom. The molecule has 1 heterocycles. The molecule has 4 atom stereocenters. The van der Waals surface area contributed by atoms with E-state index in [-0.39, 0.29) is 29.9 Å². The maximum Gasteiger partial charge on any atom is 0.405 e. The lowest BCUT2D eigenvalue weighted by atomic mass is 9.89. The molecule has 2 aliphatic rings. The van der Waals surface area contributed by atoms with Gasteiger partial charge in [-0.3, -0.25) is 19.2 Å². The number of hydrogen-bond donors (Lipinski definition) is 3. The van der Waals surface area contributed by atoms with Gasteiger partial charge in [0.1, 0.15) is 12.2 Å². The summed E-state index contributed by atoms with van der Waals surface area (Å²) in [6, 6.07) is 0. The van der Waals surface area contributed by atoms with Gasteiger partial charge in [-0.15, -0.1) is 0 Å². The number of allylic oxidation sites excluding steroid dienone is 5. The first-order valence-electron chi connectivity index (χ1n) is 12.5. The molecule has 11 nitrogen and oxygen atoms in total. The molecule has 0 spiro atoms. The van der Waals surface area contributed by atoms with Crippen LogP contribution in [0.2, 0.25) is 0 Å². The van der Waals surface area contributed by atoms with Crippen molar-refractivity contribution >= 4 is 29.5 Å². The van der Waals surface area contributed by atoms with E-state index in [9.17, 15) is 29.1 Å². The second kappa shape index (κ2) is 14.4. The molecule has 11 heteroatoms. The van der Waals surface area contributed by atoms with Gasteiger partial charge in [-0.25, -0.2) is 4.79 Å². The number of hydrogen-bond acceptors (Lipinski definition) is 9. The second-order valence-electron chi connectivity index (χ2n) is 9.39. The molecule has 0 fully saturated rings. The van der Waals surface area contributed by atoms with E-state index in [0.29, 0.717) is 29.6 Å². The van der Waals surface area contributed by atoms with E-state index in [1.54, 1.807) is 19.9 Å². The van der Waals surface area contributed by atoms with Gasteiger partial charge in [-0.2, -0.15) is 0 Å². The zero-order chi connectivity index (χ0) is 29.3. The fourth-order valence-electron chi connectivity index (χ4n) is 4.29. The van der Waals surface area contributed by atoms with Gasteiger partial charge in [0.2, 0.25) is 5.78 Å². The Kier molecular flexibility index (Phi) is 11.6. The third-order valence-corrected chi connectivity index (χ3v) is 6.50. The molecular weight excluding hydrogens is 508 g/mol. The SMILES string of the molecule is CO[C@H]1CCCC2=C(C)C(=O)C=C(NC(=O)/C(C)=C/C=C\[C@H](O)[C@@H](OC(N)=O)/C(C)=C/C[C@H]1OC(C)=O)C2=O. The normalized spacial score (nSPS) is 29.3. The number of amides is 2. The van der Waals surface area contributed by atoms with Gasteiger partial charge in [-0.1, -0.05) is 24.3 Å². The number of rotatable bonds is 3. The molecule has 1 aliphatic heterocycles. The first-order chi connectivity index (χ1) is 18.3. The molecule has 2 amide bonds. The number of nitrogens with one attached hydrogen (secondary N) is 1. The van der Waals surface area contributed by atoms with Crippen LogP contribution in [0.5, 0.6) is 0 Å². The predicted molar refractivity (Wildman–Crippen MR) is 141 cm³/mol. The standard InChI is InChI=1S/C28H36N2O9/c1-15-12-13-24(38-18(4)31)23(37-5)11-7-9-19-17(3)22(33)14-20(25(19)34)30-27(35)16(2)8-6-10-21(32)26(15)39-28(29)36/h6,8,10,12,14,21,23-24,26,32H,7,9,11,13H2,1-5H3,(H2,29,36)(H,30,35)/b10-6-,15-12+,16-8+/t21-,23-,24+,26-/m0/s1. The van der Waals surface area contributed by atoms with Crippen LogP contribution < -0.4 is 11.1 Å². The van der Waals surface area contributed by atoms with Crippen molar-refractivity contribution in [2.75, 3.05) is 7.11 Å². The Bertz CT molecular complexity index is 1160. The van der Waals surface area contributed by atoms with Crippen LogP contribution >= 0.6 is 0 Å². The molecule has 4 N–H and O–H groups in total. The molecule has 39 heavy (non-hydrogen) atoms. The van der Waals surface area contributed by atoms with Gasteiger partial charge in [0.15, 0.2) is 11.9 Å². The molecule has 0 saturated carbocycles. The van der Waals surface area contributed by atoms with E-state index in [4.69, 9.17) is 19.9 Å². The Hall–Kier alpha value is -3.83. The van der Waals surface area contributed by atoms with Crippen molar-refractivity contribution in [3.05, 3.63) is 58.4 Å². The van der Waals surface area contributed by atoms with Crippen LogP contribution in [-0.2, 0) is 33.4 Å². The first-order valence-corrected chi connectivity index (χ1v) is 12.5. The summed E-state index contributed by atoms with van der Waals surface area (Å²) in [7, 11) is 1.46. The number of carbonyl (C=O) groups excluding carboxylic acids is 5. The highest BCUT2D eigenvalue weighted by Gasteiger charge is 2.29. The van der Waals surface area contributed by atoms with Gasteiger partial charge in [0, 0.05) is 43.2 Å². The number of fused-ring (bicyclic) bond motifs is 2.